The summed E-state index contributed by atoms with van der Waals surface area (Å²) in [5.74, 6) is 0.563. The molecule has 2 atom stereocenters. The third-order valence-corrected chi connectivity index (χ3v) is 7.33. The van der Waals surface area contributed by atoms with Crippen LogP contribution < -0.4 is 0 Å². The van der Waals surface area contributed by atoms with Crippen molar-refractivity contribution in [1.82, 2.24) is 18.9 Å². The summed E-state index contributed by atoms with van der Waals surface area (Å²) in [6.45, 7) is 0. The van der Waals surface area contributed by atoms with Gasteiger partial charge in [0.25, 0.3) is 0 Å². The first-order chi connectivity index (χ1) is 15.2. The Hall–Kier alpha value is -2.99. The summed E-state index contributed by atoms with van der Waals surface area (Å²) in [7, 11) is 0. The fourth-order valence-electron chi connectivity index (χ4n) is 5.67. The van der Waals surface area contributed by atoms with Crippen molar-refractivity contribution in [2.45, 2.75) is 50.2 Å². The van der Waals surface area contributed by atoms with Crippen LogP contribution in [-0.4, -0.2) is 30.1 Å². The predicted molar refractivity (Wildman–Crippen MR) is 116 cm³/mol. The highest BCUT2D eigenvalue weighted by Crippen LogP contribution is 2.45. The van der Waals surface area contributed by atoms with Crippen LogP contribution in [0.2, 0.25) is 0 Å². The van der Waals surface area contributed by atoms with E-state index >= 15 is 0 Å². The lowest BCUT2D eigenvalue weighted by molar-refractivity contribution is 0.0650. The van der Waals surface area contributed by atoms with Crippen LogP contribution in [0.25, 0.3) is 16.9 Å². The van der Waals surface area contributed by atoms with Gasteiger partial charge in [0.1, 0.15) is 11.5 Å². The molecule has 4 heterocycles. The summed E-state index contributed by atoms with van der Waals surface area (Å²) in [6.07, 6.45) is 13.7. The Morgan fingerprint density at radius 1 is 1.13 bits per heavy atom. The number of benzene rings is 1. The van der Waals surface area contributed by atoms with Crippen molar-refractivity contribution in [2.75, 3.05) is 0 Å². The monoisotopic (exact) mass is 416 g/mol. The van der Waals surface area contributed by atoms with E-state index < -0.39 is 6.10 Å². The lowest BCUT2D eigenvalue weighted by Gasteiger charge is -2.33. The number of hydrogen-bond acceptors (Lipinski definition) is 3. The van der Waals surface area contributed by atoms with Crippen LogP contribution in [0.1, 0.15) is 55.2 Å². The fourth-order valence-corrected chi connectivity index (χ4v) is 5.67. The average Bonchev–Trinajstić information content (AvgIpc) is 3.51. The molecule has 0 amide bonds. The Balaban J connectivity index is 1.16. The highest BCUT2D eigenvalue weighted by molar-refractivity contribution is 5.69. The molecular weight excluding hydrogens is 391 g/mol. The lowest BCUT2D eigenvalue weighted by atomic mass is 9.75. The zero-order valence-corrected chi connectivity index (χ0v) is 17.2. The van der Waals surface area contributed by atoms with E-state index in [0.29, 0.717) is 17.9 Å². The molecule has 0 saturated heterocycles. The zero-order valence-electron chi connectivity index (χ0n) is 17.2. The number of rotatable bonds is 4. The standard InChI is InChI=1S/C25H25FN4O/c26-20-3-1-2-19-22-13-27-15-30(22)21(25(19)20)12-23(31)17-6-4-16(5-7-17)18-8-9-24-28-10-11-29(24)14-18/h1-3,8-11,13-17,21,23,31H,4-7,12H2. The molecule has 1 aliphatic heterocycles. The quantitative estimate of drug-likeness (QED) is 0.511. The Kier molecular flexibility index (Phi) is 4.42. The number of fused-ring (bicyclic) bond motifs is 4. The number of hydrogen-bond donors (Lipinski definition) is 1. The van der Waals surface area contributed by atoms with Gasteiger partial charge in [-0.05, 0) is 61.6 Å². The van der Waals surface area contributed by atoms with Gasteiger partial charge in [-0.1, -0.05) is 18.2 Å². The van der Waals surface area contributed by atoms with Crippen LogP contribution >= 0.6 is 0 Å². The molecule has 2 unspecified atom stereocenters. The largest absolute Gasteiger partial charge is 0.393 e. The number of pyridine rings is 1. The summed E-state index contributed by atoms with van der Waals surface area (Å²) < 4.78 is 18.8. The van der Waals surface area contributed by atoms with Crippen LogP contribution in [0.4, 0.5) is 4.39 Å². The van der Waals surface area contributed by atoms with Crippen LogP contribution in [0.3, 0.4) is 0 Å². The minimum Gasteiger partial charge on any atom is -0.393 e. The molecule has 0 spiro atoms. The van der Waals surface area contributed by atoms with Crippen molar-refractivity contribution in [3.63, 3.8) is 0 Å². The maximum absolute atomic E-state index is 14.7. The van der Waals surface area contributed by atoms with E-state index in [4.69, 9.17) is 0 Å². The molecule has 3 aromatic heterocycles. The molecule has 1 N–H and O–H groups in total. The second-order valence-corrected chi connectivity index (χ2v) is 8.97. The van der Waals surface area contributed by atoms with Crippen LogP contribution in [0.15, 0.2) is 61.4 Å². The topological polar surface area (TPSA) is 55.4 Å². The average molecular weight is 417 g/mol. The second-order valence-electron chi connectivity index (χ2n) is 8.97. The zero-order chi connectivity index (χ0) is 20.9. The van der Waals surface area contributed by atoms with Crippen LogP contribution in [0.5, 0.6) is 0 Å². The third-order valence-electron chi connectivity index (χ3n) is 7.33. The number of aliphatic hydroxyl groups is 1. The lowest BCUT2D eigenvalue weighted by Crippen LogP contribution is -2.28. The van der Waals surface area contributed by atoms with Gasteiger partial charge in [0.05, 0.1) is 30.4 Å². The second kappa shape index (κ2) is 7.31. The molecule has 0 radical (unpaired) electrons. The molecule has 158 valence electrons. The first-order valence-corrected chi connectivity index (χ1v) is 11.1. The highest BCUT2D eigenvalue weighted by Gasteiger charge is 2.35. The molecule has 0 bridgehead atoms. The highest BCUT2D eigenvalue weighted by atomic mass is 19.1. The molecule has 1 aromatic carbocycles. The predicted octanol–water partition coefficient (Wildman–Crippen LogP) is 4.96. The number of imidazole rings is 2. The SMILES string of the molecule is OC(CC1c2c(F)cccc2-c2cncn21)C1CCC(c2ccc3nccn3c2)CC1. The van der Waals surface area contributed by atoms with Crippen molar-refractivity contribution in [3.8, 4) is 11.3 Å². The van der Waals surface area contributed by atoms with Gasteiger partial charge in [0.15, 0.2) is 0 Å². The van der Waals surface area contributed by atoms with Gasteiger partial charge >= 0.3 is 0 Å². The molecule has 6 heteroatoms. The van der Waals surface area contributed by atoms with Gasteiger partial charge in [-0.3, -0.25) is 0 Å². The van der Waals surface area contributed by atoms with Crippen molar-refractivity contribution >= 4 is 5.65 Å². The summed E-state index contributed by atoms with van der Waals surface area (Å²) >= 11 is 0. The van der Waals surface area contributed by atoms with Gasteiger partial charge in [-0.15, -0.1) is 0 Å². The third kappa shape index (κ3) is 3.08. The molecule has 1 fully saturated rings. The van der Waals surface area contributed by atoms with E-state index in [0.717, 1.165) is 42.6 Å². The van der Waals surface area contributed by atoms with E-state index in [9.17, 15) is 9.50 Å². The van der Waals surface area contributed by atoms with Crippen LogP contribution in [0, 0.1) is 11.7 Å². The van der Waals surface area contributed by atoms with E-state index in [1.807, 2.05) is 23.0 Å². The summed E-state index contributed by atoms with van der Waals surface area (Å²) in [6, 6.07) is 9.27. The van der Waals surface area contributed by atoms with Gasteiger partial charge < -0.3 is 14.1 Å². The minimum absolute atomic E-state index is 0.190. The molecular formula is C25H25FN4O. The summed E-state index contributed by atoms with van der Waals surface area (Å²) in [4.78, 5) is 8.58. The maximum atomic E-state index is 14.7. The van der Waals surface area contributed by atoms with Gasteiger partial charge in [-0.25, -0.2) is 14.4 Å². The minimum atomic E-state index is -0.456. The van der Waals surface area contributed by atoms with E-state index in [1.54, 1.807) is 18.6 Å². The van der Waals surface area contributed by atoms with Crippen molar-refractivity contribution < 1.29 is 9.50 Å². The number of nitrogens with zero attached hydrogens (tertiary/aromatic N) is 4. The molecule has 6 rings (SSSR count). The molecule has 1 saturated carbocycles. The number of aromatic nitrogens is 4. The van der Waals surface area contributed by atoms with Crippen molar-refractivity contribution in [3.05, 3.63) is 78.4 Å². The van der Waals surface area contributed by atoms with Gasteiger partial charge in [-0.2, -0.15) is 0 Å². The van der Waals surface area contributed by atoms with E-state index in [-0.39, 0.29) is 17.8 Å². The van der Waals surface area contributed by atoms with E-state index in [2.05, 4.69) is 32.7 Å². The van der Waals surface area contributed by atoms with Crippen LogP contribution in [-0.2, 0) is 0 Å². The number of aliphatic hydroxyl groups excluding tert-OH is 1. The molecule has 5 nitrogen and oxygen atoms in total. The molecule has 2 aliphatic rings. The van der Waals surface area contributed by atoms with Gasteiger partial charge in [0.2, 0.25) is 0 Å². The fraction of sp³-hybridized carbons (Fsp3) is 0.360. The Morgan fingerprint density at radius 2 is 2.00 bits per heavy atom. The van der Waals surface area contributed by atoms with E-state index in [1.165, 1.54) is 11.6 Å². The van der Waals surface area contributed by atoms with Crippen molar-refractivity contribution in [2.24, 2.45) is 5.92 Å². The van der Waals surface area contributed by atoms with Crippen molar-refractivity contribution in [1.29, 1.82) is 0 Å². The molecule has 1 aliphatic carbocycles. The summed E-state index contributed by atoms with van der Waals surface area (Å²) in [5, 5.41) is 11.1. The molecule has 4 aromatic rings. The first kappa shape index (κ1) is 18.8. The first-order valence-electron chi connectivity index (χ1n) is 11.1. The van der Waals surface area contributed by atoms with Gasteiger partial charge in [0, 0.05) is 29.7 Å². The maximum Gasteiger partial charge on any atom is 0.136 e. The summed E-state index contributed by atoms with van der Waals surface area (Å²) in [5.41, 5.74) is 4.84. The smallest absolute Gasteiger partial charge is 0.136 e. The number of halogens is 1. The Morgan fingerprint density at radius 3 is 2.87 bits per heavy atom. The normalized spacial score (nSPS) is 23.6. The molecule has 31 heavy (non-hydrogen) atoms. The Bertz CT molecular complexity index is 1240. The Labute approximate surface area is 180 Å².